The van der Waals surface area contributed by atoms with Gasteiger partial charge in [0.1, 0.15) is 17.9 Å². The number of carbonyl (C=O) groups is 1. The lowest BCUT2D eigenvalue weighted by Gasteiger charge is -2.37. The van der Waals surface area contributed by atoms with Crippen molar-refractivity contribution in [1.29, 1.82) is 0 Å². The van der Waals surface area contributed by atoms with E-state index in [0.29, 0.717) is 17.7 Å². The normalized spacial score (nSPS) is 29.2. The molecular formula is C24H30N2O6S2. The molecule has 4 N–H and O–H groups in total. The molecule has 0 saturated heterocycles. The number of carbonyl (C=O) groups excluding carboxylic acids is 1. The van der Waals surface area contributed by atoms with E-state index in [4.69, 9.17) is 0 Å². The summed E-state index contributed by atoms with van der Waals surface area (Å²) < 4.78 is 59.5. The smallest absolute Gasteiger partial charge is 0.241 e. The first-order chi connectivity index (χ1) is 15.8. The van der Waals surface area contributed by atoms with Crippen molar-refractivity contribution >= 4 is 25.9 Å². The average Bonchev–Trinajstić information content (AvgIpc) is 3.25. The molecule has 2 bridgehead atoms. The van der Waals surface area contributed by atoms with Gasteiger partial charge in [0.15, 0.2) is 0 Å². The van der Waals surface area contributed by atoms with Gasteiger partial charge < -0.3 is 10.3 Å². The van der Waals surface area contributed by atoms with Crippen LogP contribution in [-0.4, -0.2) is 32.9 Å². The van der Waals surface area contributed by atoms with Crippen LogP contribution in [0.15, 0.2) is 59.5 Å². The molecule has 1 aliphatic heterocycles. The number of Topliss-reactive ketones (excluding diaryl/α,β-unsaturated/α-hetero) is 1. The van der Waals surface area contributed by atoms with E-state index in [1.807, 2.05) is 56.3 Å². The van der Waals surface area contributed by atoms with E-state index in [0.717, 1.165) is 17.5 Å². The van der Waals surface area contributed by atoms with Crippen LogP contribution in [0.3, 0.4) is 0 Å². The topological polar surface area (TPSA) is 148 Å². The van der Waals surface area contributed by atoms with E-state index in [2.05, 4.69) is 10.5 Å². The Morgan fingerprint density at radius 1 is 1.12 bits per heavy atom. The van der Waals surface area contributed by atoms with Gasteiger partial charge in [-0.2, -0.15) is 4.72 Å². The zero-order valence-electron chi connectivity index (χ0n) is 19.2. The highest BCUT2D eigenvalue weighted by atomic mass is 32.2. The Morgan fingerprint density at radius 2 is 1.74 bits per heavy atom. The van der Waals surface area contributed by atoms with Gasteiger partial charge in [0, 0.05) is 17.4 Å². The van der Waals surface area contributed by atoms with E-state index < -0.39 is 31.3 Å². The summed E-state index contributed by atoms with van der Waals surface area (Å²) in [7, 11) is -7.72. The van der Waals surface area contributed by atoms with Crippen molar-refractivity contribution < 1.29 is 31.9 Å². The molecule has 4 atom stereocenters. The number of hydrogen-bond donors (Lipinski definition) is 2. The lowest BCUT2D eigenvalue weighted by atomic mass is 9.70. The largest absolute Gasteiger partial charge is 0.748 e. The maximum absolute atomic E-state index is 12.1. The van der Waals surface area contributed by atoms with Gasteiger partial charge in [-0.3, -0.25) is 4.79 Å². The molecule has 0 unspecified atom stereocenters. The zero-order chi connectivity index (χ0) is 24.9. The summed E-state index contributed by atoms with van der Waals surface area (Å²) >= 11 is 0. The van der Waals surface area contributed by atoms with Crippen molar-refractivity contribution in [3.05, 3.63) is 65.7 Å². The number of fused-ring (bicyclic) bond motifs is 3. The Labute approximate surface area is 200 Å². The number of nitrogens with one attached hydrogen (secondary N) is 1. The number of ketones is 1. The second-order valence-electron chi connectivity index (χ2n) is 10.0. The highest BCUT2D eigenvalue weighted by Gasteiger charge is 2.64. The van der Waals surface area contributed by atoms with Gasteiger partial charge in [0.2, 0.25) is 10.0 Å². The Hall–Kier alpha value is -2.11. The third-order valence-corrected chi connectivity index (χ3v) is 10.4. The van der Waals surface area contributed by atoms with Gasteiger partial charge in [-0.05, 0) is 35.8 Å². The first-order valence-electron chi connectivity index (χ1n) is 11.2. The fourth-order valence-corrected chi connectivity index (χ4v) is 8.67. The highest BCUT2D eigenvalue weighted by molar-refractivity contribution is 7.89. The highest BCUT2D eigenvalue weighted by Crippen LogP contribution is 2.64. The van der Waals surface area contributed by atoms with Crippen LogP contribution in [0.4, 0.5) is 0 Å². The molecule has 5 rings (SSSR count). The molecule has 34 heavy (non-hydrogen) atoms. The summed E-state index contributed by atoms with van der Waals surface area (Å²) in [6.45, 7) is 3.83. The monoisotopic (exact) mass is 506 g/mol. The lowest BCUT2D eigenvalue weighted by molar-refractivity contribution is -0.433. The molecule has 2 fully saturated rings. The molecule has 0 radical (unpaired) electrons. The average molecular weight is 507 g/mol. The maximum Gasteiger partial charge on any atom is 0.241 e. The number of sulfonamides is 1. The van der Waals surface area contributed by atoms with Crippen LogP contribution in [0, 0.1) is 16.7 Å². The van der Waals surface area contributed by atoms with Crippen molar-refractivity contribution in [2.45, 2.75) is 50.1 Å². The number of rotatable bonds is 4. The molecule has 2 aliphatic carbocycles. The van der Waals surface area contributed by atoms with Crippen LogP contribution in [0.25, 0.3) is 0 Å². The second-order valence-corrected chi connectivity index (χ2v) is 13.1. The van der Waals surface area contributed by atoms with Crippen molar-refractivity contribution in [1.82, 2.24) is 4.72 Å². The third kappa shape index (κ3) is 4.22. The summed E-state index contributed by atoms with van der Waals surface area (Å²) in [5.41, 5.74) is 4.72. The first-order valence-corrected chi connectivity index (χ1v) is 14.3. The van der Waals surface area contributed by atoms with Crippen molar-refractivity contribution in [3.63, 3.8) is 0 Å². The molecule has 0 aromatic heterocycles. The van der Waals surface area contributed by atoms with Gasteiger partial charge in [-0.15, -0.1) is 0 Å². The van der Waals surface area contributed by atoms with E-state index in [-0.39, 0.29) is 29.2 Å². The molecule has 1 heterocycles. The minimum Gasteiger partial charge on any atom is -0.748 e. The molecule has 8 nitrogen and oxygen atoms in total. The van der Waals surface area contributed by atoms with Crippen LogP contribution >= 0.6 is 0 Å². The van der Waals surface area contributed by atoms with Gasteiger partial charge in [-0.25, -0.2) is 16.8 Å². The third-order valence-electron chi connectivity index (χ3n) is 8.02. The van der Waals surface area contributed by atoms with Crippen molar-refractivity contribution in [2.75, 3.05) is 5.75 Å². The van der Waals surface area contributed by atoms with Crippen LogP contribution < -0.4 is 10.5 Å². The Balaban J connectivity index is 0.000000166. The molecule has 2 aromatic carbocycles. The summed E-state index contributed by atoms with van der Waals surface area (Å²) in [4.78, 5) is 12.2. The predicted octanol–water partition coefficient (Wildman–Crippen LogP) is 1.93. The maximum atomic E-state index is 12.1. The fourth-order valence-electron chi connectivity index (χ4n) is 5.88. The van der Waals surface area contributed by atoms with Crippen LogP contribution in [0.1, 0.15) is 56.3 Å². The van der Waals surface area contributed by atoms with Gasteiger partial charge in [-0.1, -0.05) is 62.4 Å². The van der Waals surface area contributed by atoms with E-state index >= 15 is 0 Å². The Bertz CT molecular complexity index is 1310. The van der Waals surface area contributed by atoms with Crippen molar-refractivity contribution in [3.8, 4) is 0 Å². The summed E-state index contributed by atoms with van der Waals surface area (Å²) in [6, 6.07) is 16.3. The molecule has 184 valence electrons. The molecule has 2 saturated carbocycles. The zero-order valence-corrected chi connectivity index (χ0v) is 20.9. The van der Waals surface area contributed by atoms with Gasteiger partial charge >= 0.3 is 0 Å². The minimum absolute atomic E-state index is 0.0248. The molecular weight excluding hydrogens is 476 g/mol. The van der Waals surface area contributed by atoms with Gasteiger partial charge in [0.05, 0.1) is 20.8 Å². The second kappa shape index (κ2) is 8.53. The first kappa shape index (κ1) is 25.0. The lowest BCUT2D eigenvalue weighted by Crippen LogP contribution is -2.58. The summed E-state index contributed by atoms with van der Waals surface area (Å²) in [6.07, 6.45) is 1.88. The van der Waals surface area contributed by atoms with E-state index in [1.54, 1.807) is 12.1 Å². The molecule has 2 aromatic rings. The molecule has 0 spiro atoms. The van der Waals surface area contributed by atoms with Crippen LogP contribution in [-0.2, 0) is 24.9 Å². The summed E-state index contributed by atoms with van der Waals surface area (Å²) in [5.74, 6) is -0.280. The quantitative estimate of drug-likeness (QED) is 0.606. The number of benzene rings is 2. The minimum atomic E-state index is -4.33. The predicted molar refractivity (Wildman–Crippen MR) is 125 cm³/mol. The number of quaternary nitrogens is 1. The SMILES string of the molecule is CC1(C)[C@@H]2CC[C@@]1(CS(=O)(=O)[O-])C(=O)C2.[NH3+][C@H](c1ccccc1)[C@H]1NS(=O)(=O)c2ccccc21. The van der Waals surface area contributed by atoms with Gasteiger partial charge in [0.25, 0.3) is 0 Å². The standard InChI is InChI=1S/C14H14N2O2S.C10H16O4S/c15-13(10-6-2-1-3-7-10)14-11-8-4-5-9-12(11)19(17,18)16-14;1-9(2)7-3-4-10(9,8(11)5-7)6-15(12,13)14/h1-9,13-14,16H,15H2;7H,3-6H2,1-2H3,(H,12,13,14)/t13-,14+;7-,10-/m11/s1. The van der Waals surface area contributed by atoms with Crippen LogP contribution in [0.5, 0.6) is 0 Å². The summed E-state index contributed by atoms with van der Waals surface area (Å²) in [5, 5.41) is 0. The van der Waals surface area contributed by atoms with Crippen molar-refractivity contribution in [2.24, 2.45) is 16.7 Å². The van der Waals surface area contributed by atoms with Crippen LogP contribution in [0.2, 0.25) is 0 Å². The molecule has 3 aliphatic rings. The Morgan fingerprint density at radius 3 is 2.29 bits per heavy atom. The van der Waals surface area contributed by atoms with E-state index in [1.165, 1.54) is 0 Å². The van der Waals surface area contributed by atoms with E-state index in [9.17, 15) is 26.2 Å². The molecule has 0 amide bonds. The Kier molecular flexibility index (Phi) is 6.27. The fraction of sp³-hybridized carbons (Fsp3) is 0.458. The molecule has 10 heteroatoms. The number of hydrogen-bond acceptors (Lipinski definition) is 6.